The maximum absolute atomic E-state index is 13.3. The predicted octanol–water partition coefficient (Wildman–Crippen LogP) is 5.20. The van der Waals surface area contributed by atoms with Crippen molar-refractivity contribution in [2.75, 3.05) is 12.3 Å². The van der Waals surface area contributed by atoms with E-state index in [1.165, 1.54) is 23.1 Å². The van der Waals surface area contributed by atoms with E-state index in [4.69, 9.17) is 4.98 Å². The van der Waals surface area contributed by atoms with E-state index < -0.39 is 0 Å². The van der Waals surface area contributed by atoms with Gasteiger partial charge in [-0.1, -0.05) is 48.2 Å². The Morgan fingerprint density at radius 2 is 1.81 bits per heavy atom. The second-order valence-electron chi connectivity index (χ2n) is 7.70. The molecule has 2 heterocycles. The second-order valence-corrected chi connectivity index (χ2v) is 9.56. The van der Waals surface area contributed by atoms with E-state index >= 15 is 0 Å². The van der Waals surface area contributed by atoms with Gasteiger partial charge >= 0.3 is 0 Å². The van der Waals surface area contributed by atoms with Crippen LogP contribution in [-0.2, 0) is 11.3 Å². The van der Waals surface area contributed by atoms with Crippen LogP contribution in [0.1, 0.15) is 23.6 Å². The molecule has 0 N–H and O–H groups in total. The summed E-state index contributed by atoms with van der Waals surface area (Å²) in [6, 6.07) is 17.9. The molecule has 2 aromatic heterocycles. The molecule has 1 amide bonds. The molecule has 0 aliphatic heterocycles. The van der Waals surface area contributed by atoms with Crippen molar-refractivity contribution in [1.82, 2.24) is 14.5 Å². The smallest absolute Gasteiger partial charge is 0.276 e. The highest BCUT2D eigenvalue weighted by Crippen LogP contribution is 2.25. The van der Waals surface area contributed by atoms with Gasteiger partial charge in [0.05, 0.1) is 17.0 Å². The van der Waals surface area contributed by atoms with Crippen molar-refractivity contribution in [2.24, 2.45) is 0 Å². The Hall–Kier alpha value is -2.90. The van der Waals surface area contributed by atoms with Crippen molar-refractivity contribution >= 4 is 39.2 Å². The number of thioether (sulfide) groups is 1. The monoisotopic (exact) mass is 463 g/mol. The molecule has 0 aliphatic carbocycles. The van der Waals surface area contributed by atoms with Gasteiger partial charge in [-0.3, -0.25) is 14.2 Å². The standard InChI is InChI=1S/C25H25N3O2S2/c1-4-27(15-19-8-6-5-7-9-19)22(29)16-32-25-26-21-10-11-31-23(21)24(30)28(25)20-13-17(2)12-18(3)14-20/h5-14H,4,15-16H2,1-3H3. The van der Waals surface area contributed by atoms with Crippen LogP contribution < -0.4 is 5.56 Å². The lowest BCUT2D eigenvalue weighted by Crippen LogP contribution is -2.32. The fraction of sp³-hybridized carbons (Fsp3) is 0.240. The van der Waals surface area contributed by atoms with E-state index in [0.717, 1.165) is 22.4 Å². The van der Waals surface area contributed by atoms with Gasteiger partial charge in [0.2, 0.25) is 5.91 Å². The molecule has 2 aromatic carbocycles. The predicted molar refractivity (Wildman–Crippen MR) is 133 cm³/mol. The van der Waals surface area contributed by atoms with Gasteiger partial charge in [0.25, 0.3) is 5.56 Å². The molecule has 0 aliphatic rings. The van der Waals surface area contributed by atoms with Gasteiger partial charge in [0.1, 0.15) is 4.70 Å². The number of aryl methyl sites for hydroxylation is 2. The number of benzene rings is 2. The zero-order valence-corrected chi connectivity index (χ0v) is 20.0. The maximum Gasteiger partial charge on any atom is 0.276 e. The summed E-state index contributed by atoms with van der Waals surface area (Å²) in [5.41, 5.74) is 4.60. The number of carbonyl (C=O) groups is 1. The number of aromatic nitrogens is 2. The van der Waals surface area contributed by atoms with Crippen LogP contribution in [0.15, 0.2) is 69.9 Å². The first-order valence-electron chi connectivity index (χ1n) is 10.5. The number of hydrogen-bond acceptors (Lipinski definition) is 5. The van der Waals surface area contributed by atoms with Crippen molar-refractivity contribution in [3.05, 3.63) is 87.0 Å². The van der Waals surface area contributed by atoms with Crippen LogP contribution in [0.3, 0.4) is 0 Å². The highest BCUT2D eigenvalue weighted by Gasteiger charge is 2.18. The molecular formula is C25H25N3O2S2. The van der Waals surface area contributed by atoms with Crippen LogP contribution >= 0.6 is 23.1 Å². The van der Waals surface area contributed by atoms with Crippen molar-refractivity contribution in [1.29, 1.82) is 0 Å². The van der Waals surface area contributed by atoms with Crippen LogP contribution in [-0.4, -0.2) is 32.7 Å². The molecule has 0 radical (unpaired) electrons. The third-order valence-electron chi connectivity index (χ3n) is 5.19. The Morgan fingerprint density at radius 1 is 1.09 bits per heavy atom. The van der Waals surface area contributed by atoms with E-state index in [-0.39, 0.29) is 17.2 Å². The minimum Gasteiger partial charge on any atom is -0.338 e. The van der Waals surface area contributed by atoms with Gasteiger partial charge in [0, 0.05) is 13.1 Å². The Morgan fingerprint density at radius 3 is 2.50 bits per heavy atom. The fourth-order valence-corrected chi connectivity index (χ4v) is 5.37. The normalized spacial score (nSPS) is 11.1. The quantitative estimate of drug-likeness (QED) is 0.279. The summed E-state index contributed by atoms with van der Waals surface area (Å²) < 4.78 is 2.27. The minimum atomic E-state index is -0.0958. The number of fused-ring (bicyclic) bond motifs is 1. The van der Waals surface area contributed by atoms with Crippen LogP contribution in [0.5, 0.6) is 0 Å². The number of amides is 1. The molecule has 164 valence electrons. The Labute approximate surface area is 195 Å². The van der Waals surface area contributed by atoms with E-state index in [9.17, 15) is 9.59 Å². The molecule has 0 unspecified atom stereocenters. The van der Waals surface area contributed by atoms with Crippen molar-refractivity contribution in [3.8, 4) is 5.69 Å². The molecule has 5 nitrogen and oxygen atoms in total. The first-order valence-corrected chi connectivity index (χ1v) is 12.4. The van der Waals surface area contributed by atoms with Crippen LogP contribution in [0.4, 0.5) is 0 Å². The molecule has 0 bridgehead atoms. The Bertz CT molecular complexity index is 1290. The second kappa shape index (κ2) is 9.71. The van der Waals surface area contributed by atoms with Crippen molar-refractivity contribution in [2.45, 2.75) is 32.5 Å². The minimum absolute atomic E-state index is 0.0213. The summed E-state index contributed by atoms with van der Waals surface area (Å²) in [6.07, 6.45) is 0. The molecule has 7 heteroatoms. The molecule has 0 saturated carbocycles. The largest absolute Gasteiger partial charge is 0.338 e. The first kappa shape index (κ1) is 22.3. The maximum atomic E-state index is 13.3. The number of rotatable bonds is 7. The first-order chi connectivity index (χ1) is 15.5. The molecule has 4 rings (SSSR count). The topological polar surface area (TPSA) is 55.2 Å². The molecule has 4 aromatic rings. The van der Waals surface area contributed by atoms with E-state index in [2.05, 4.69) is 6.07 Å². The average molecular weight is 464 g/mol. The lowest BCUT2D eigenvalue weighted by molar-refractivity contribution is -0.128. The summed E-state index contributed by atoms with van der Waals surface area (Å²) in [6.45, 7) is 7.19. The van der Waals surface area contributed by atoms with Crippen LogP contribution in [0.25, 0.3) is 15.9 Å². The number of hydrogen-bond donors (Lipinski definition) is 0. The highest BCUT2D eigenvalue weighted by atomic mass is 32.2. The lowest BCUT2D eigenvalue weighted by atomic mass is 10.1. The number of carbonyl (C=O) groups excluding carboxylic acids is 1. The summed E-state index contributed by atoms with van der Waals surface area (Å²) in [5.74, 6) is 0.237. The molecule has 32 heavy (non-hydrogen) atoms. The molecule has 0 fully saturated rings. The number of thiophene rings is 1. The van der Waals surface area contributed by atoms with Crippen LogP contribution in [0, 0.1) is 13.8 Å². The van der Waals surface area contributed by atoms with Crippen molar-refractivity contribution in [3.63, 3.8) is 0 Å². The van der Waals surface area contributed by atoms with Gasteiger partial charge in [-0.2, -0.15) is 0 Å². The van der Waals surface area contributed by atoms with E-state index in [1.807, 2.05) is 79.6 Å². The van der Waals surface area contributed by atoms with Crippen LogP contribution in [0.2, 0.25) is 0 Å². The number of nitrogens with zero attached hydrogens (tertiary/aromatic N) is 3. The van der Waals surface area contributed by atoms with Gasteiger partial charge in [0.15, 0.2) is 5.16 Å². The zero-order valence-electron chi connectivity index (χ0n) is 18.4. The molecule has 0 saturated heterocycles. The molecule has 0 spiro atoms. The fourth-order valence-electron chi connectivity index (χ4n) is 3.69. The Balaban J connectivity index is 1.65. The van der Waals surface area contributed by atoms with Gasteiger partial charge < -0.3 is 4.90 Å². The van der Waals surface area contributed by atoms with E-state index in [0.29, 0.717) is 28.5 Å². The third kappa shape index (κ3) is 4.79. The SMILES string of the molecule is CCN(Cc1ccccc1)C(=O)CSc1nc2ccsc2c(=O)n1-c1cc(C)cc(C)c1. The molecule has 0 atom stereocenters. The average Bonchev–Trinajstić information content (AvgIpc) is 3.25. The zero-order chi connectivity index (χ0) is 22.7. The summed E-state index contributed by atoms with van der Waals surface area (Å²) in [7, 11) is 0. The summed E-state index contributed by atoms with van der Waals surface area (Å²) in [4.78, 5) is 32.9. The Kier molecular flexibility index (Phi) is 6.77. The summed E-state index contributed by atoms with van der Waals surface area (Å²) >= 11 is 2.71. The van der Waals surface area contributed by atoms with Crippen molar-refractivity contribution < 1.29 is 4.79 Å². The van der Waals surface area contributed by atoms with Gasteiger partial charge in [-0.05, 0) is 61.0 Å². The highest BCUT2D eigenvalue weighted by molar-refractivity contribution is 7.99. The lowest BCUT2D eigenvalue weighted by Gasteiger charge is -2.21. The van der Waals surface area contributed by atoms with Gasteiger partial charge in [-0.25, -0.2) is 4.98 Å². The summed E-state index contributed by atoms with van der Waals surface area (Å²) in [5, 5.41) is 2.42. The third-order valence-corrected chi connectivity index (χ3v) is 7.00. The molecular weight excluding hydrogens is 438 g/mol. The van der Waals surface area contributed by atoms with Gasteiger partial charge in [-0.15, -0.1) is 11.3 Å². The van der Waals surface area contributed by atoms with E-state index in [1.54, 1.807) is 4.57 Å².